The Hall–Kier alpha value is -2.02. The lowest BCUT2D eigenvalue weighted by atomic mass is 10.0. The van der Waals surface area contributed by atoms with Crippen molar-refractivity contribution in [3.05, 3.63) is 23.8 Å². The van der Waals surface area contributed by atoms with Crippen LogP contribution in [-0.4, -0.2) is 59.0 Å². The minimum Gasteiger partial charge on any atom is -0.362 e. The lowest BCUT2D eigenvalue weighted by Gasteiger charge is -2.38. The zero-order valence-electron chi connectivity index (χ0n) is 13.4. The van der Waals surface area contributed by atoms with Gasteiger partial charge < -0.3 is 15.0 Å². The monoisotopic (exact) mass is 306 g/mol. The lowest BCUT2D eigenvalue weighted by molar-refractivity contribution is -0.153. The van der Waals surface area contributed by atoms with Gasteiger partial charge in [0.2, 0.25) is 0 Å². The Morgan fingerprint density at radius 2 is 2.00 bits per heavy atom. The third-order valence-electron chi connectivity index (χ3n) is 3.70. The SMILES string of the molecule is CNC(=O)[C@]1(C)CN(C(=O)c2cnc(C(C)C)nc2)CCO1. The number of rotatable bonds is 3. The summed E-state index contributed by atoms with van der Waals surface area (Å²) in [6.45, 7) is 6.64. The summed E-state index contributed by atoms with van der Waals surface area (Å²) in [7, 11) is 1.55. The van der Waals surface area contributed by atoms with Crippen LogP contribution in [0.25, 0.3) is 0 Å². The highest BCUT2D eigenvalue weighted by molar-refractivity contribution is 5.94. The van der Waals surface area contributed by atoms with Gasteiger partial charge in [0.15, 0.2) is 5.60 Å². The van der Waals surface area contributed by atoms with Crippen LogP contribution in [0.2, 0.25) is 0 Å². The van der Waals surface area contributed by atoms with Gasteiger partial charge in [-0.1, -0.05) is 13.8 Å². The number of amides is 2. The number of nitrogens with one attached hydrogen (secondary N) is 1. The van der Waals surface area contributed by atoms with Gasteiger partial charge in [-0.2, -0.15) is 0 Å². The van der Waals surface area contributed by atoms with Gasteiger partial charge in [0.25, 0.3) is 11.8 Å². The van der Waals surface area contributed by atoms with Crippen molar-refractivity contribution in [3.63, 3.8) is 0 Å². The summed E-state index contributed by atoms with van der Waals surface area (Å²) < 4.78 is 5.55. The highest BCUT2D eigenvalue weighted by atomic mass is 16.5. The first kappa shape index (κ1) is 16.4. The van der Waals surface area contributed by atoms with E-state index in [1.165, 1.54) is 12.4 Å². The van der Waals surface area contributed by atoms with E-state index in [4.69, 9.17) is 4.74 Å². The van der Waals surface area contributed by atoms with Gasteiger partial charge in [-0.05, 0) is 6.92 Å². The van der Waals surface area contributed by atoms with E-state index in [0.29, 0.717) is 24.5 Å². The average molecular weight is 306 g/mol. The van der Waals surface area contributed by atoms with Gasteiger partial charge in [-0.3, -0.25) is 9.59 Å². The van der Waals surface area contributed by atoms with E-state index >= 15 is 0 Å². The normalized spacial score (nSPS) is 21.8. The van der Waals surface area contributed by atoms with Gasteiger partial charge in [0.1, 0.15) is 5.82 Å². The molecule has 1 aliphatic rings. The number of likely N-dealkylation sites (N-methyl/N-ethyl adjacent to an activating group) is 1. The van der Waals surface area contributed by atoms with Crippen LogP contribution in [0, 0.1) is 0 Å². The molecular formula is C15H22N4O3. The summed E-state index contributed by atoms with van der Waals surface area (Å²) in [5.74, 6) is 0.489. The molecule has 1 aromatic rings. The van der Waals surface area contributed by atoms with Gasteiger partial charge in [0, 0.05) is 31.9 Å². The van der Waals surface area contributed by atoms with Crippen LogP contribution in [0.1, 0.15) is 42.9 Å². The van der Waals surface area contributed by atoms with Crippen molar-refractivity contribution in [3.8, 4) is 0 Å². The number of hydrogen-bond acceptors (Lipinski definition) is 5. The number of morpholine rings is 1. The molecule has 1 atom stereocenters. The maximum absolute atomic E-state index is 12.5. The van der Waals surface area contributed by atoms with E-state index < -0.39 is 5.60 Å². The smallest absolute Gasteiger partial charge is 0.257 e. The molecule has 0 bridgehead atoms. The summed E-state index contributed by atoms with van der Waals surface area (Å²) in [6.07, 6.45) is 3.08. The fourth-order valence-corrected chi connectivity index (χ4v) is 2.37. The number of ether oxygens (including phenoxy) is 1. The molecule has 7 heteroatoms. The summed E-state index contributed by atoms with van der Waals surface area (Å²) in [5.41, 5.74) is -0.605. The molecule has 2 amide bonds. The Morgan fingerprint density at radius 3 is 2.55 bits per heavy atom. The Balaban J connectivity index is 2.13. The molecule has 0 unspecified atom stereocenters. The fraction of sp³-hybridized carbons (Fsp3) is 0.600. The van der Waals surface area contributed by atoms with E-state index in [9.17, 15) is 9.59 Å². The quantitative estimate of drug-likeness (QED) is 0.883. The molecule has 2 heterocycles. The second-order valence-electron chi connectivity index (χ2n) is 5.87. The number of aromatic nitrogens is 2. The van der Waals surface area contributed by atoms with Gasteiger partial charge in [-0.15, -0.1) is 0 Å². The largest absolute Gasteiger partial charge is 0.362 e. The minimum atomic E-state index is -1.03. The fourth-order valence-electron chi connectivity index (χ4n) is 2.37. The van der Waals surface area contributed by atoms with Crippen molar-refractivity contribution < 1.29 is 14.3 Å². The Morgan fingerprint density at radius 1 is 1.36 bits per heavy atom. The first-order valence-corrected chi connectivity index (χ1v) is 7.35. The minimum absolute atomic E-state index is 0.186. The first-order chi connectivity index (χ1) is 10.4. The van der Waals surface area contributed by atoms with E-state index in [-0.39, 0.29) is 24.3 Å². The summed E-state index contributed by atoms with van der Waals surface area (Å²) in [4.78, 5) is 34.5. The number of nitrogens with zero attached hydrogens (tertiary/aromatic N) is 3. The van der Waals surface area contributed by atoms with Gasteiger partial charge >= 0.3 is 0 Å². The zero-order valence-corrected chi connectivity index (χ0v) is 13.4. The highest BCUT2D eigenvalue weighted by Gasteiger charge is 2.40. The molecule has 0 saturated carbocycles. The number of carbonyl (C=O) groups excluding carboxylic acids is 2. The third kappa shape index (κ3) is 3.24. The number of carbonyl (C=O) groups is 2. The van der Waals surface area contributed by atoms with Crippen molar-refractivity contribution in [2.24, 2.45) is 0 Å². The average Bonchev–Trinajstić information content (AvgIpc) is 2.53. The van der Waals surface area contributed by atoms with Crippen molar-refractivity contribution >= 4 is 11.8 Å². The first-order valence-electron chi connectivity index (χ1n) is 7.35. The van der Waals surface area contributed by atoms with Crippen LogP contribution < -0.4 is 5.32 Å². The predicted octanol–water partition coefficient (Wildman–Crippen LogP) is 0.577. The molecule has 0 radical (unpaired) electrons. The molecule has 1 aliphatic heterocycles. The molecule has 120 valence electrons. The second kappa shape index (κ2) is 6.39. The molecular weight excluding hydrogens is 284 g/mol. The van der Waals surface area contributed by atoms with Gasteiger partial charge in [-0.25, -0.2) is 9.97 Å². The molecule has 0 aromatic carbocycles. The molecule has 2 rings (SSSR count). The lowest BCUT2D eigenvalue weighted by Crippen LogP contribution is -2.58. The van der Waals surface area contributed by atoms with Crippen LogP contribution in [-0.2, 0) is 9.53 Å². The van der Waals surface area contributed by atoms with Crippen LogP contribution in [0.15, 0.2) is 12.4 Å². The van der Waals surface area contributed by atoms with Crippen molar-refractivity contribution in [1.82, 2.24) is 20.2 Å². The standard InChI is InChI=1S/C15H22N4O3/c1-10(2)12-17-7-11(8-18-12)13(20)19-5-6-22-15(3,9-19)14(21)16-4/h7-8,10H,5-6,9H2,1-4H3,(H,16,21)/t15-/m0/s1. The zero-order chi connectivity index (χ0) is 16.3. The van der Waals surface area contributed by atoms with Crippen LogP contribution >= 0.6 is 0 Å². The molecule has 1 saturated heterocycles. The maximum atomic E-state index is 12.5. The Labute approximate surface area is 130 Å². The van der Waals surface area contributed by atoms with Crippen LogP contribution in [0.5, 0.6) is 0 Å². The summed E-state index contributed by atoms with van der Waals surface area (Å²) in [6, 6.07) is 0. The molecule has 1 aromatic heterocycles. The van der Waals surface area contributed by atoms with E-state index in [2.05, 4.69) is 15.3 Å². The molecule has 0 spiro atoms. The molecule has 0 aliphatic carbocycles. The molecule has 1 N–H and O–H groups in total. The van der Waals surface area contributed by atoms with Crippen molar-refractivity contribution in [1.29, 1.82) is 0 Å². The molecule has 7 nitrogen and oxygen atoms in total. The molecule has 22 heavy (non-hydrogen) atoms. The van der Waals surface area contributed by atoms with Crippen molar-refractivity contribution in [2.45, 2.75) is 32.3 Å². The maximum Gasteiger partial charge on any atom is 0.257 e. The summed E-state index contributed by atoms with van der Waals surface area (Å²) in [5, 5.41) is 2.57. The van der Waals surface area contributed by atoms with E-state index in [1.807, 2.05) is 13.8 Å². The summed E-state index contributed by atoms with van der Waals surface area (Å²) >= 11 is 0. The predicted molar refractivity (Wildman–Crippen MR) is 80.4 cm³/mol. The van der Waals surface area contributed by atoms with Crippen LogP contribution in [0.3, 0.4) is 0 Å². The Bertz CT molecular complexity index is 558. The van der Waals surface area contributed by atoms with Crippen molar-refractivity contribution in [2.75, 3.05) is 26.7 Å². The van der Waals surface area contributed by atoms with Crippen LogP contribution in [0.4, 0.5) is 0 Å². The van der Waals surface area contributed by atoms with Gasteiger partial charge in [0.05, 0.1) is 18.7 Å². The Kier molecular flexibility index (Phi) is 4.75. The highest BCUT2D eigenvalue weighted by Crippen LogP contribution is 2.19. The number of hydrogen-bond donors (Lipinski definition) is 1. The van der Waals surface area contributed by atoms with E-state index in [0.717, 1.165) is 0 Å². The topological polar surface area (TPSA) is 84.4 Å². The van der Waals surface area contributed by atoms with E-state index in [1.54, 1.807) is 18.9 Å². The molecule has 1 fully saturated rings. The third-order valence-corrected chi connectivity index (χ3v) is 3.70. The second-order valence-corrected chi connectivity index (χ2v) is 5.87.